The van der Waals surface area contributed by atoms with Crippen molar-refractivity contribution in [1.29, 1.82) is 0 Å². The fourth-order valence-electron chi connectivity index (χ4n) is 1.48. The number of halogens is 1. The third-order valence-corrected chi connectivity index (χ3v) is 2.15. The van der Waals surface area contributed by atoms with Crippen molar-refractivity contribution in [2.45, 2.75) is 26.2 Å². The summed E-state index contributed by atoms with van der Waals surface area (Å²) in [6.45, 7) is 1.87. The van der Waals surface area contributed by atoms with Gasteiger partial charge in [-0.3, -0.25) is 0 Å². The van der Waals surface area contributed by atoms with Crippen molar-refractivity contribution in [1.82, 2.24) is 0 Å². The first-order chi connectivity index (χ1) is 5.13. The zero-order valence-electron chi connectivity index (χ0n) is 6.43. The fourth-order valence-corrected chi connectivity index (χ4v) is 1.48. The van der Waals surface area contributed by atoms with Crippen molar-refractivity contribution in [3.05, 3.63) is 11.4 Å². The molecule has 62 valence electrons. The number of hydrogen-bond donors (Lipinski definition) is 1. The molecule has 1 aliphatic carbocycles. The molecule has 1 fully saturated rings. The maximum Gasteiger partial charge on any atom is 0.364 e. The molecule has 0 amide bonds. The van der Waals surface area contributed by atoms with E-state index >= 15 is 0 Å². The van der Waals surface area contributed by atoms with Crippen LogP contribution in [0, 0.1) is 5.92 Å². The van der Waals surface area contributed by atoms with Crippen LogP contribution in [0.5, 0.6) is 0 Å². The molecule has 0 aromatic heterocycles. The van der Waals surface area contributed by atoms with Crippen LogP contribution in [0.15, 0.2) is 11.4 Å². The second kappa shape index (κ2) is 3.03. The summed E-state index contributed by atoms with van der Waals surface area (Å²) in [5.41, 5.74) is 0.484. The molecule has 1 atom stereocenters. The summed E-state index contributed by atoms with van der Waals surface area (Å²) < 4.78 is 12.8. The van der Waals surface area contributed by atoms with Crippen LogP contribution in [0.25, 0.3) is 0 Å². The monoisotopic (exact) mass is 158 g/mol. The molecule has 1 rings (SSSR count). The highest BCUT2D eigenvalue weighted by molar-refractivity contribution is 5.85. The number of carboxylic acids is 1. The Morgan fingerprint density at radius 1 is 1.73 bits per heavy atom. The second-order valence-corrected chi connectivity index (χ2v) is 2.94. The normalized spacial score (nSPS) is 28.7. The Morgan fingerprint density at radius 3 is 2.73 bits per heavy atom. The van der Waals surface area contributed by atoms with E-state index < -0.39 is 11.8 Å². The molecule has 0 spiro atoms. The molecule has 0 aromatic rings. The van der Waals surface area contributed by atoms with E-state index in [1.807, 2.05) is 6.92 Å². The minimum atomic E-state index is -1.42. The zero-order valence-corrected chi connectivity index (χ0v) is 6.43. The van der Waals surface area contributed by atoms with Gasteiger partial charge in [0.25, 0.3) is 0 Å². The van der Waals surface area contributed by atoms with Gasteiger partial charge in [0.2, 0.25) is 5.83 Å². The van der Waals surface area contributed by atoms with Crippen LogP contribution in [0.2, 0.25) is 0 Å². The van der Waals surface area contributed by atoms with E-state index in [9.17, 15) is 9.18 Å². The Morgan fingerprint density at radius 2 is 2.36 bits per heavy atom. The Kier molecular flexibility index (Phi) is 2.27. The van der Waals surface area contributed by atoms with E-state index in [0.29, 0.717) is 12.0 Å². The largest absolute Gasteiger partial charge is 0.476 e. The van der Waals surface area contributed by atoms with Crippen LogP contribution in [0.4, 0.5) is 4.39 Å². The van der Waals surface area contributed by atoms with Gasteiger partial charge in [-0.25, -0.2) is 4.79 Å². The first-order valence-electron chi connectivity index (χ1n) is 3.74. The predicted molar refractivity (Wildman–Crippen MR) is 38.8 cm³/mol. The molecule has 0 heterocycles. The highest BCUT2D eigenvalue weighted by Crippen LogP contribution is 2.33. The van der Waals surface area contributed by atoms with Gasteiger partial charge in [-0.05, 0) is 30.8 Å². The molecule has 0 bridgehead atoms. The van der Waals surface area contributed by atoms with Gasteiger partial charge in [-0.1, -0.05) is 6.92 Å². The number of carboxylic acid groups (broad SMARTS) is 1. The first-order valence-corrected chi connectivity index (χ1v) is 3.74. The van der Waals surface area contributed by atoms with E-state index in [-0.39, 0.29) is 5.92 Å². The molecular weight excluding hydrogens is 147 g/mol. The van der Waals surface area contributed by atoms with Crippen molar-refractivity contribution in [2.24, 2.45) is 5.92 Å². The Balaban J connectivity index is 2.85. The SMILES string of the molecule is CC1CCCC1=C(F)C(=O)O. The van der Waals surface area contributed by atoms with E-state index in [4.69, 9.17) is 5.11 Å². The van der Waals surface area contributed by atoms with Crippen LogP contribution in [-0.4, -0.2) is 11.1 Å². The Bertz CT molecular complexity index is 208. The Hall–Kier alpha value is -0.860. The van der Waals surface area contributed by atoms with Crippen LogP contribution in [0.1, 0.15) is 26.2 Å². The summed E-state index contributed by atoms with van der Waals surface area (Å²) in [4.78, 5) is 10.2. The standard InChI is InChI=1S/C8H11FO2/c1-5-3-2-4-6(5)7(9)8(10)11/h5H,2-4H2,1H3,(H,10,11). The second-order valence-electron chi connectivity index (χ2n) is 2.94. The van der Waals surface area contributed by atoms with Gasteiger partial charge in [-0.15, -0.1) is 0 Å². The van der Waals surface area contributed by atoms with Gasteiger partial charge in [0.15, 0.2) is 0 Å². The van der Waals surface area contributed by atoms with Gasteiger partial charge in [-0.2, -0.15) is 4.39 Å². The maximum atomic E-state index is 12.8. The van der Waals surface area contributed by atoms with E-state index in [1.165, 1.54) is 0 Å². The van der Waals surface area contributed by atoms with E-state index in [0.717, 1.165) is 12.8 Å². The van der Waals surface area contributed by atoms with Gasteiger partial charge in [0.1, 0.15) is 0 Å². The van der Waals surface area contributed by atoms with E-state index in [1.54, 1.807) is 0 Å². The summed E-state index contributed by atoms with van der Waals surface area (Å²) in [5, 5.41) is 8.33. The van der Waals surface area contributed by atoms with Gasteiger partial charge >= 0.3 is 5.97 Å². The number of carbonyl (C=O) groups is 1. The highest BCUT2D eigenvalue weighted by atomic mass is 19.1. The molecule has 2 nitrogen and oxygen atoms in total. The van der Waals surface area contributed by atoms with Crippen molar-refractivity contribution in [3.8, 4) is 0 Å². The summed E-state index contributed by atoms with van der Waals surface area (Å²) in [6, 6.07) is 0. The van der Waals surface area contributed by atoms with Crippen LogP contribution in [-0.2, 0) is 4.79 Å². The van der Waals surface area contributed by atoms with Crippen molar-refractivity contribution >= 4 is 5.97 Å². The number of rotatable bonds is 1. The minimum Gasteiger partial charge on any atom is -0.476 e. The number of hydrogen-bond acceptors (Lipinski definition) is 1. The molecular formula is C8H11FO2. The number of allylic oxidation sites excluding steroid dienone is 1. The van der Waals surface area contributed by atoms with Crippen molar-refractivity contribution in [3.63, 3.8) is 0 Å². The minimum absolute atomic E-state index is 0.117. The first kappa shape index (κ1) is 8.24. The third-order valence-electron chi connectivity index (χ3n) is 2.15. The molecule has 0 saturated heterocycles. The molecule has 0 aliphatic heterocycles. The topological polar surface area (TPSA) is 37.3 Å². The van der Waals surface area contributed by atoms with Crippen molar-refractivity contribution < 1.29 is 14.3 Å². The van der Waals surface area contributed by atoms with Gasteiger partial charge in [0, 0.05) is 0 Å². The molecule has 0 radical (unpaired) electrons. The zero-order chi connectivity index (χ0) is 8.43. The van der Waals surface area contributed by atoms with Gasteiger partial charge in [0.05, 0.1) is 0 Å². The van der Waals surface area contributed by atoms with Crippen LogP contribution < -0.4 is 0 Å². The quantitative estimate of drug-likeness (QED) is 0.593. The summed E-state index contributed by atoms with van der Waals surface area (Å²) in [6.07, 6.45) is 2.44. The Labute approximate surface area is 64.7 Å². The van der Waals surface area contributed by atoms with Crippen LogP contribution >= 0.6 is 0 Å². The molecule has 3 heteroatoms. The van der Waals surface area contributed by atoms with E-state index in [2.05, 4.69) is 0 Å². The molecule has 1 aliphatic rings. The summed E-state index contributed by atoms with van der Waals surface area (Å²) in [7, 11) is 0. The molecule has 11 heavy (non-hydrogen) atoms. The van der Waals surface area contributed by atoms with Gasteiger partial charge < -0.3 is 5.11 Å². The average molecular weight is 158 g/mol. The smallest absolute Gasteiger partial charge is 0.364 e. The lowest BCUT2D eigenvalue weighted by Crippen LogP contribution is -2.01. The lowest BCUT2D eigenvalue weighted by molar-refractivity contribution is -0.134. The lowest BCUT2D eigenvalue weighted by atomic mass is 10.0. The average Bonchev–Trinajstić information content (AvgIpc) is 2.33. The fraction of sp³-hybridized carbons (Fsp3) is 0.625. The highest BCUT2D eigenvalue weighted by Gasteiger charge is 2.23. The molecule has 1 saturated carbocycles. The van der Waals surface area contributed by atoms with Crippen molar-refractivity contribution in [2.75, 3.05) is 0 Å². The summed E-state index contributed by atoms with van der Waals surface area (Å²) in [5.74, 6) is -2.24. The predicted octanol–water partition coefficient (Wildman–Crippen LogP) is 2.11. The molecule has 1 N–H and O–H groups in total. The maximum absolute atomic E-state index is 12.8. The lowest BCUT2D eigenvalue weighted by Gasteiger charge is -2.03. The van der Waals surface area contributed by atoms with Crippen LogP contribution in [0.3, 0.4) is 0 Å². The summed E-state index contributed by atoms with van der Waals surface area (Å²) >= 11 is 0. The number of aliphatic carboxylic acids is 1. The third kappa shape index (κ3) is 1.59. The molecule has 1 unspecified atom stereocenters. The molecule has 0 aromatic carbocycles.